The molecule has 0 spiro atoms. The molecule has 1 heterocycles. The van der Waals surface area contributed by atoms with E-state index in [9.17, 15) is 9.59 Å². The number of aliphatic carboxylic acids is 1. The maximum absolute atomic E-state index is 12.4. The molecule has 5 nitrogen and oxygen atoms in total. The zero-order valence-electron chi connectivity index (χ0n) is 11.1. The average Bonchev–Trinajstić information content (AvgIpc) is 2.75. The molecule has 1 aromatic rings. The summed E-state index contributed by atoms with van der Waals surface area (Å²) in [6.07, 6.45) is 0.479. The number of carbonyl (C=O) groups is 2. The number of halogens is 3. The fraction of sp³-hybridized carbons (Fsp3) is 0.385. The summed E-state index contributed by atoms with van der Waals surface area (Å²) in [6.45, 7) is 2.20. The Morgan fingerprint density at radius 3 is 2.33 bits per heavy atom. The molecule has 1 saturated heterocycles. The lowest BCUT2D eigenvalue weighted by atomic mass is 10.0. The number of carbonyl (C=O) groups excluding carboxylic acids is 1. The van der Waals surface area contributed by atoms with Gasteiger partial charge in [0.1, 0.15) is 0 Å². The van der Waals surface area contributed by atoms with Gasteiger partial charge in [0, 0.05) is 26.0 Å². The van der Waals surface area contributed by atoms with Gasteiger partial charge >= 0.3 is 12.0 Å². The topological polar surface area (TPSA) is 69.6 Å². The number of carboxylic acids is 1. The number of anilines is 1. The highest BCUT2D eigenvalue weighted by Gasteiger charge is 2.38. The van der Waals surface area contributed by atoms with E-state index in [2.05, 4.69) is 53.1 Å². The molecule has 1 aliphatic heterocycles. The second-order valence-corrected chi connectivity index (χ2v) is 7.47. The minimum Gasteiger partial charge on any atom is -0.481 e. The molecule has 21 heavy (non-hydrogen) atoms. The largest absolute Gasteiger partial charge is 0.481 e. The van der Waals surface area contributed by atoms with Crippen LogP contribution in [0.4, 0.5) is 10.5 Å². The van der Waals surface area contributed by atoms with E-state index < -0.39 is 11.9 Å². The molecular weight excluding hydrogens is 472 g/mol. The number of likely N-dealkylation sites (tertiary alicyclic amines) is 1. The molecule has 2 amide bonds. The third-order valence-corrected chi connectivity index (χ3v) is 5.28. The van der Waals surface area contributed by atoms with Crippen molar-refractivity contribution in [3.8, 4) is 0 Å². The van der Waals surface area contributed by atoms with E-state index in [1.54, 1.807) is 11.8 Å². The number of carboxylic acid groups (broad SMARTS) is 1. The van der Waals surface area contributed by atoms with E-state index in [0.29, 0.717) is 18.7 Å². The Morgan fingerprint density at radius 2 is 1.86 bits per heavy atom. The lowest BCUT2D eigenvalue weighted by Gasteiger charge is -2.24. The van der Waals surface area contributed by atoms with Gasteiger partial charge < -0.3 is 15.3 Å². The average molecular weight is 485 g/mol. The van der Waals surface area contributed by atoms with Gasteiger partial charge in [-0.1, -0.05) is 15.9 Å². The Bertz CT molecular complexity index is 571. The van der Waals surface area contributed by atoms with Crippen LogP contribution in [-0.2, 0) is 4.79 Å². The molecule has 2 unspecified atom stereocenters. The Kier molecular flexibility index (Phi) is 5.32. The van der Waals surface area contributed by atoms with Gasteiger partial charge in [-0.3, -0.25) is 4.79 Å². The number of hydrogen-bond donors (Lipinski definition) is 2. The normalized spacial score (nSPS) is 21.4. The van der Waals surface area contributed by atoms with Crippen LogP contribution in [0.1, 0.15) is 13.3 Å². The third-order valence-electron chi connectivity index (χ3n) is 3.57. The van der Waals surface area contributed by atoms with Gasteiger partial charge in [-0.25, -0.2) is 4.79 Å². The van der Waals surface area contributed by atoms with E-state index in [1.165, 1.54) is 0 Å². The van der Waals surface area contributed by atoms with Crippen LogP contribution in [0.15, 0.2) is 25.6 Å². The van der Waals surface area contributed by atoms with Crippen LogP contribution in [-0.4, -0.2) is 34.6 Å². The second-order valence-electron chi connectivity index (χ2n) is 4.84. The number of rotatable bonds is 2. The van der Waals surface area contributed by atoms with E-state index in [-0.39, 0.29) is 12.1 Å². The van der Waals surface area contributed by atoms with Crippen molar-refractivity contribution in [2.45, 2.75) is 19.4 Å². The Labute approximate surface area is 147 Å². The minimum absolute atomic E-state index is 0.296. The van der Waals surface area contributed by atoms with Crippen LogP contribution in [0.2, 0.25) is 0 Å². The van der Waals surface area contributed by atoms with Crippen molar-refractivity contribution in [2.75, 3.05) is 11.9 Å². The second kappa shape index (κ2) is 6.66. The van der Waals surface area contributed by atoms with Gasteiger partial charge in [0.15, 0.2) is 0 Å². The highest BCUT2D eigenvalue weighted by atomic mass is 79.9. The number of nitrogens with zero attached hydrogens (tertiary/aromatic N) is 1. The highest BCUT2D eigenvalue weighted by molar-refractivity contribution is 9.11. The molecule has 2 N–H and O–H groups in total. The van der Waals surface area contributed by atoms with Crippen LogP contribution in [0.3, 0.4) is 0 Å². The lowest BCUT2D eigenvalue weighted by Crippen LogP contribution is -2.40. The van der Waals surface area contributed by atoms with E-state index in [1.807, 2.05) is 12.1 Å². The SMILES string of the molecule is CC1C(C(=O)O)CCN1C(=O)Nc1c(Br)cc(Br)cc1Br. The van der Waals surface area contributed by atoms with Crippen molar-refractivity contribution in [1.29, 1.82) is 0 Å². The molecule has 2 atom stereocenters. The maximum Gasteiger partial charge on any atom is 0.322 e. The summed E-state index contributed by atoms with van der Waals surface area (Å²) in [5.41, 5.74) is 0.620. The Balaban J connectivity index is 2.15. The standard InChI is InChI=1S/C13H13Br3N2O3/c1-6-8(12(19)20)2-3-18(6)13(21)17-11-9(15)4-7(14)5-10(11)16/h4-6,8H,2-3H2,1H3,(H,17,21)(H,19,20). The van der Waals surface area contributed by atoms with Crippen molar-refractivity contribution >= 4 is 65.5 Å². The monoisotopic (exact) mass is 482 g/mol. The van der Waals surface area contributed by atoms with Crippen LogP contribution in [0, 0.1) is 5.92 Å². The van der Waals surface area contributed by atoms with Crippen molar-refractivity contribution in [3.05, 3.63) is 25.6 Å². The zero-order chi connectivity index (χ0) is 15.7. The zero-order valence-corrected chi connectivity index (χ0v) is 15.8. The molecule has 0 aromatic heterocycles. The van der Waals surface area contributed by atoms with Crippen LogP contribution < -0.4 is 5.32 Å². The third kappa shape index (κ3) is 3.60. The Morgan fingerprint density at radius 1 is 1.29 bits per heavy atom. The van der Waals surface area contributed by atoms with Gasteiger partial charge in [0.25, 0.3) is 0 Å². The fourth-order valence-corrected chi connectivity index (χ4v) is 4.85. The molecule has 0 bridgehead atoms. The number of nitrogens with one attached hydrogen (secondary N) is 1. The number of amides is 2. The number of benzene rings is 1. The number of urea groups is 1. The van der Waals surface area contributed by atoms with Crippen molar-refractivity contribution in [2.24, 2.45) is 5.92 Å². The molecule has 2 rings (SSSR count). The molecule has 1 aromatic carbocycles. The van der Waals surface area contributed by atoms with Gasteiger partial charge in [0.05, 0.1) is 11.6 Å². The molecule has 0 radical (unpaired) electrons. The van der Waals surface area contributed by atoms with E-state index >= 15 is 0 Å². The van der Waals surface area contributed by atoms with Crippen molar-refractivity contribution in [3.63, 3.8) is 0 Å². The Hall–Kier alpha value is -0.600. The first-order valence-corrected chi connectivity index (χ1v) is 8.64. The summed E-state index contributed by atoms with van der Waals surface area (Å²) < 4.78 is 2.34. The maximum atomic E-state index is 12.4. The molecule has 8 heteroatoms. The molecule has 0 saturated carbocycles. The van der Waals surface area contributed by atoms with Crippen LogP contribution in [0.25, 0.3) is 0 Å². The first-order chi connectivity index (χ1) is 9.81. The quantitative estimate of drug-likeness (QED) is 0.657. The smallest absolute Gasteiger partial charge is 0.322 e. The highest BCUT2D eigenvalue weighted by Crippen LogP contribution is 2.35. The van der Waals surface area contributed by atoms with Crippen molar-refractivity contribution in [1.82, 2.24) is 4.90 Å². The summed E-state index contributed by atoms with van der Waals surface area (Å²) in [4.78, 5) is 25.0. The first-order valence-electron chi connectivity index (χ1n) is 6.26. The van der Waals surface area contributed by atoms with E-state index in [0.717, 1.165) is 13.4 Å². The van der Waals surface area contributed by atoms with Gasteiger partial charge in [0.2, 0.25) is 0 Å². The number of hydrogen-bond acceptors (Lipinski definition) is 2. The lowest BCUT2D eigenvalue weighted by molar-refractivity contribution is -0.142. The summed E-state index contributed by atoms with van der Waals surface area (Å²) in [5.74, 6) is -1.36. The summed E-state index contributed by atoms with van der Waals surface area (Å²) in [6, 6.07) is 3.03. The fourth-order valence-electron chi connectivity index (χ4n) is 2.40. The van der Waals surface area contributed by atoms with Crippen LogP contribution >= 0.6 is 47.8 Å². The first kappa shape index (κ1) is 16.8. The van der Waals surface area contributed by atoms with Gasteiger partial charge in [-0.2, -0.15) is 0 Å². The van der Waals surface area contributed by atoms with Gasteiger partial charge in [-0.05, 0) is 57.3 Å². The molecule has 1 aliphatic rings. The molecule has 0 aliphatic carbocycles. The summed E-state index contributed by atoms with van der Waals surface area (Å²) in [5, 5.41) is 11.9. The summed E-state index contributed by atoms with van der Waals surface area (Å²) in [7, 11) is 0. The molecule has 114 valence electrons. The molecule has 1 fully saturated rings. The van der Waals surface area contributed by atoms with Crippen molar-refractivity contribution < 1.29 is 14.7 Å². The van der Waals surface area contributed by atoms with E-state index in [4.69, 9.17) is 5.11 Å². The van der Waals surface area contributed by atoms with Gasteiger partial charge in [-0.15, -0.1) is 0 Å². The molecular formula is C13H13Br3N2O3. The van der Waals surface area contributed by atoms with Crippen LogP contribution in [0.5, 0.6) is 0 Å². The predicted molar refractivity (Wildman–Crippen MR) is 90.5 cm³/mol. The predicted octanol–water partition coefficient (Wildman–Crippen LogP) is 4.30. The minimum atomic E-state index is -0.858. The summed E-state index contributed by atoms with van der Waals surface area (Å²) >= 11 is 10.2.